The predicted molar refractivity (Wildman–Crippen MR) is 122 cm³/mol. The quantitative estimate of drug-likeness (QED) is 0.481. The molecule has 1 aliphatic heterocycles. The minimum Gasteiger partial charge on any atom is -0.351 e. The summed E-state index contributed by atoms with van der Waals surface area (Å²) >= 11 is 6.15. The van der Waals surface area contributed by atoms with Gasteiger partial charge in [0.15, 0.2) is 0 Å². The highest BCUT2D eigenvalue weighted by Crippen LogP contribution is 2.27. The number of urea groups is 1. The van der Waals surface area contributed by atoms with Gasteiger partial charge in [-0.25, -0.2) is 9.59 Å². The average molecular weight is 455 g/mol. The van der Waals surface area contributed by atoms with E-state index >= 15 is 0 Å². The summed E-state index contributed by atoms with van der Waals surface area (Å²) in [4.78, 5) is 39.1. The summed E-state index contributed by atoms with van der Waals surface area (Å²) in [6, 6.07) is 12.1. The van der Waals surface area contributed by atoms with Crippen LogP contribution in [0.25, 0.3) is 10.9 Å². The Morgan fingerprint density at radius 3 is 2.56 bits per heavy atom. The topological polar surface area (TPSA) is 135 Å². The zero-order chi connectivity index (χ0) is 22.8. The summed E-state index contributed by atoms with van der Waals surface area (Å²) in [7, 11) is 0. The third kappa shape index (κ3) is 4.25. The highest BCUT2D eigenvalue weighted by atomic mass is 35.5. The molecule has 10 heteroatoms. The molecule has 0 radical (unpaired) electrons. The molecule has 4 amide bonds. The van der Waals surface area contributed by atoms with Crippen molar-refractivity contribution < 1.29 is 14.4 Å². The molecule has 9 nitrogen and oxygen atoms in total. The van der Waals surface area contributed by atoms with Crippen LogP contribution in [-0.2, 0) is 11.3 Å². The number of likely N-dealkylation sites (tertiary alicyclic amines) is 1. The van der Waals surface area contributed by atoms with Crippen LogP contribution in [0.15, 0.2) is 54.7 Å². The lowest BCUT2D eigenvalue weighted by atomic mass is 10.1. The van der Waals surface area contributed by atoms with Gasteiger partial charge in [-0.15, -0.1) is 0 Å². The number of amides is 4. The van der Waals surface area contributed by atoms with E-state index in [1.54, 1.807) is 30.3 Å². The van der Waals surface area contributed by atoms with Crippen LogP contribution < -0.4 is 22.1 Å². The lowest BCUT2D eigenvalue weighted by Gasteiger charge is -2.24. The minimum absolute atomic E-state index is 0.227. The second kappa shape index (κ2) is 8.89. The lowest BCUT2D eigenvalue weighted by molar-refractivity contribution is -0.124. The Labute approximate surface area is 189 Å². The Hall–Kier alpha value is -3.56. The fraction of sp³-hybridized carbons (Fsp3) is 0.227. The van der Waals surface area contributed by atoms with Crippen molar-refractivity contribution in [3.8, 4) is 0 Å². The Bertz CT molecular complexity index is 1190. The SMILES string of the molecule is NC(=O)n1cc(NC(=O)N2C[C@@H](N)C[C@H]2C(=O)NCc2ccccc2Cl)c2ccccc21. The molecule has 2 atom stereocenters. The van der Waals surface area contributed by atoms with E-state index in [1.807, 2.05) is 18.2 Å². The van der Waals surface area contributed by atoms with Crippen LogP contribution >= 0.6 is 11.6 Å². The van der Waals surface area contributed by atoms with Gasteiger partial charge < -0.3 is 27.0 Å². The molecule has 6 N–H and O–H groups in total. The number of aromatic nitrogens is 1. The number of hydrogen-bond donors (Lipinski definition) is 4. The van der Waals surface area contributed by atoms with E-state index in [1.165, 1.54) is 15.7 Å². The smallest absolute Gasteiger partial charge is 0.323 e. The first-order valence-electron chi connectivity index (χ1n) is 10.1. The summed E-state index contributed by atoms with van der Waals surface area (Å²) in [5, 5.41) is 6.83. The number of nitrogens with zero attached hydrogens (tertiary/aromatic N) is 2. The van der Waals surface area contributed by atoms with Gasteiger partial charge in [-0.2, -0.15) is 0 Å². The summed E-state index contributed by atoms with van der Waals surface area (Å²) < 4.78 is 1.26. The van der Waals surface area contributed by atoms with Gasteiger partial charge in [-0.1, -0.05) is 48.0 Å². The van der Waals surface area contributed by atoms with E-state index in [0.29, 0.717) is 28.0 Å². The van der Waals surface area contributed by atoms with E-state index in [4.69, 9.17) is 23.1 Å². The molecule has 3 aromatic rings. The molecule has 0 saturated carbocycles. The van der Waals surface area contributed by atoms with Crippen LogP contribution in [0, 0.1) is 0 Å². The number of benzene rings is 2. The maximum Gasteiger partial charge on any atom is 0.323 e. The number of carbonyl (C=O) groups is 3. The van der Waals surface area contributed by atoms with Gasteiger partial charge in [0, 0.05) is 35.7 Å². The fourth-order valence-electron chi connectivity index (χ4n) is 3.93. The predicted octanol–water partition coefficient (Wildman–Crippen LogP) is 2.47. The maximum absolute atomic E-state index is 13.1. The van der Waals surface area contributed by atoms with Gasteiger partial charge in [-0.3, -0.25) is 9.36 Å². The van der Waals surface area contributed by atoms with Crippen molar-refractivity contribution in [2.75, 3.05) is 11.9 Å². The number of fused-ring (bicyclic) bond motifs is 1. The van der Waals surface area contributed by atoms with Crippen molar-refractivity contribution in [1.29, 1.82) is 0 Å². The third-order valence-electron chi connectivity index (χ3n) is 5.50. The first kappa shape index (κ1) is 21.7. The average Bonchev–Trinajstić information content (AvgIpc) is 3.34. The second-order valence-corrected chi connectivity index (χ2v) is 8.08. The normalized spacial score (nSPS) is 18.0. The third-order valence-corrected chi connectivity index (χ3v) is 5.87. The molecule has 166 valence electrons. The number of rotatable bonds is 4. The first-order valence-corrected chi connectivity index (χ1v) is 10.5. The fourth-order valence-corrected chi connectivity index (χ4v) is 4.13. The Morgan fingerprint density at radius 2 is 1.81 bits per heavy atom. The van der Waals surface area contributed by atoms with Crippen LogP contribution in [0.3, 0.4) is 0 Å². The largest absolute Gasteiger partial charge is 0.351 e. The number of carbonyl (C=O) groups excluding carboxylic acids is 3. The molecule has 1 aliphatic rings. The number of nitrogens with two attached hydrogens (primary N) is 2. The minimum atomic E-state index is -0.725. The molecule has 4 rings (SSSR count). The molecular weight excluding hydrogens is 432 g/mol. The van der Waals surface area contributed by atoms with Crippen LogP contribution in [0.2, 0.25) is 5.02 Å². The van der Waals surface area contributed by atoms with Crippen molar-refractivity contribution in [3.63, 3.8) is 0 Å². The van der Waals surface area contributed by atoms with Crippen molar-refractivity contribution in [1.82, 2.24) is 14.8 Å². The van der Waals surface area contributed by atoms with E-state index in [-0.39, 0.29) is 25.0 Å². The summed E-state index contributed by atoms with van der Waals surface area (Å²) in [6.45, 7) is 0.469. The van der Waals surface area contributed by atoms with Gasteiger partial charge in [-0.05, 0) is 24.1 Å². The highest BCUT2D eigenvalue weighted by Gasteiger charge is 2.38. The Morgan fingerprint density at radius 1 is 1.09 bits per heavy atom. The monoisotopic (exact) mass is 454 g/mol. The maximum atomic E-state index is 13.1. The lowest BCUT2D eigenvalue weighted by Crippen LogP contribution is -2.47. The molecular formula is C22H23ClN6O3. The summed E-state index contributed by atoms with van der Waals surface area (Å²) in [5.74, 6) is -0.312. The van der Waals surface area contributed by atoms with E-state index in [2.05, 4.69) is 10.6 Å². The number of anilines is 1. The molecule has 0 aliphatic carbocycles. The number of para-hydroxylation sites is 1. The van der Waals surface area contributed by atoms with Gasteiger partial charge in [0.1, 0.15) is 6.04 Å². The standard InChI is InChI=1S/C22H23ClN6O3/c23-16-7-3-1-5-13(16)10-26-20(30)19-9-14(24)11-29(19)22(32)27-17-12-28(21(25)31)18-8-4-2-6-15(17)18/h1-8,12,14,19H,9-11,24H2,(H2,25,31)(H,26,30)(H,27,32)/t14-,19-/m0/s1. The summed E-state index contributed by atoms with van der Waals surface area (Å²) in [5.41, 5.74) is 13.3. The number of nitrogens with one attached hydrogen (secondary N) is 2. The molecule has 2 heterocycles. The molecule has 1 fully saturated rings. The van der Waals surface area contributed by atoms with Gasteiger partial charge in [0.2, 0.25) is 5.91 Å². The van der Waals surface area contributed by atoms with E-state index in [9.17, 15) is 14.4 Å². The van der Waals surface area contributed by atoms with E-state index < -0.39 is 18.1 Å². The number of primary amides is 1. The van der Waals surface area contributed by atoms with Gasteiger partial charge in [0.25, 0.3) is 0 Å². The molecule has 0 bridgehead atoms. The molecule has 1 saturated heterocycles. The van der Waals surface area contributed by atoms with Crippen LogP contribution in [0.4, 0.5) is 15.3 Å². The summed E-state index contributed by atoms with van der Waals surface area (Å²) in [6.07, 6.45) is 1.80. The highest BCUT2D eigenvalue weighted by molar-refractivity contribution is 6.31. The molecule has 0 spiro atoms. The number of hydrogen-bond acceptors (Lipinski definition) is 4. The van der Waals surface area contributed by atoms with Crippen molar-refractivity contribution in [3.05, 3.63) is 65.3 Å². The van der Waals surface area contributed by atoms with Gasteiger partial charge in [0.05, 0.1) is 11.2 Å². The Kier molecular flexibility index (Phi) is 6.02. The molecule has 0 unspecified atom stereocenters. The van der Waals surface area contributed by atoms with Crippen molar-refractivity contribution in [2.45, 2.75) is 25.0 Å². The van der Waals surface area contributed by atoms with Crippen molar-refractivity contribution in [2.24, 2.45) is 11.5 Å². The van der Waals surface area contributed by atoms with Gasteiger partial charge >= 0.3 is 12.1 Å². The molecule has 2 aromatic carbocycles. The zero-order valence-electron chi connectivity index (χ0n) is 17.1. The van der Waals surface area contributed by atoms with Crippen LogP contribution in [-0.4, -0.2) is 46.1 Å². The number of halogens is 1. The van der Waals surface area contributed by atoms with E-state index in [0.717, 1.165) is 5.56 Å². The van der Waals surface area contributed by atoms with Crippen LogP contribution in [0.1, 0.15) is 12.0 Å². The second-order valence-electron chi connectivity index (χ2n) is 7.67. The van der Waals surface area contributed by atoms with Crippen molar-refractivity contribution >= 4 is 46.2 Å². The zero-order valence-corrected chi connectivity index (χ0v) is 17.9. The molecule has 32 heavy (non-hydrogen) atoms. The first-order chi connectivity index (χ1) is 15.3. The van der Waals surface area contributed by atoms with Crippen LogP contribution in [0.5, 0.6) is 0 Å². The molecule has 1 aromatic heterocycles. The Balaban J connectivity index is 1.50.